The molecule has 0 bridgehead atoms. The number of nitrogens with zero attached hydrogens (tertiary/aromatic N) is 3. The van der Waals surface area contributed by atoms with Crippen LogP contribution in [0.25, 0.3) is 0 Å². The highest BCUT2D eigenvalue weighted by Crippen LogP contribution is 2.33. The van der Waals surface area contributed by atoms with Gasteiger partial charge in [0.2, 0.25) is 0 Å². The molecule has 1 aromatic heterocycles. The van der Waals surface area contributed by atoms with Crippen molar-refractivity contribution >= 4 is 17.6 Å². The van der Waals surface area contributed by atoms with Crippen LogP contribution in [0.5, 0.6) is 0 Å². The summed E-state index contributed by atoms with van der Waals surface area (Å²) in [6, 6.07) is 13.8. The van der Waals surface area contributed by atoms with Gasteiger partial charge in [0.25, 0.3) is 0 Å². The standard InChI is InChI=1S/C15H12N4S/c1-2-11-12(8-16)14(18)19-15(13(11)9-17)20-10-6-4-3-5-7-10/h3-7H,2H2,1H3,(H2,18,19). The molecule has 0 saturated carbocycles. The lowest BCUT2D eigenvalue weighted by Crippen LogP contribution is -2.05. The molecule has 0 saturated heterocycles. The minimum atomic E-state index is 0.182. The number of hydrogen-bond donors (Lipinski definition) is 1. The van der Waals surface area contributed by atoms with Gasteiger partial charge in [0.05, 0.1) is 11.1 Å². The van der Waals surface area contributed by atoms with Crippen LogP contribution in [-0.2, 0) is 6.42 Å². The van der Waals surface area contributed by atoms with E-state index in [1.165, 1.54) is 11.8 Å². The fourth-order valence-corrected chi connectivity index (χ4v) is 2.83. The van der Waals surface area contributed by atoms with Crippen LogP contribution in [0.15, 0.2) is 40.3 Å². The first-order valence-corrected chi connectivity index (χ1v) is 6.88. The zero-order valence-electron chi connectivity index (χ0n) is 10.9. The smallest absolute Gasteiger partial charge is 0.143 e. The molecule has 0 amide bonds. The first-order valence-electron chi connectivity index (χ1n) is 6.06. The number of nitriles is 2. The molecule has 5 heteroatoms. The Morgan fingerprint density at radius 1 is 1.15 bits per heavy atom. The maximum atomic E-state index is 9.37. The highest BCUT2D eigenvalue weighted by atomic mass is 32.2. The maximum Gasteiger partial charge on any atom is 0.143 e. The van der Waals surface area contributed by atoms with Crippen molar-refractivity contribution in [3.05, 3.63) is 47.0 Å². The van der Waals surface area contributed by atoms with E-state index in [1.54, 1.807) is 0 Å². The van der Waals surface area contributed by atoms with Crippen LogP contribution in [0.1, 0.15) is 23.6 Å². The van der Waals surface area contributed by atoms with Crippen molar-refractivity contribution in [1.82, 2.24) is 4.98 Å². The second-order valence-corrected chi connectivity index (χ2v) is 5.09. The number of rotatable bonds is 3. The molecule has 20 heavy (non-hydrogen) atoms. The molecule has 0 spiro atoms. The maximum absolute atomic E-state index is 9.37. The van der Waals surface area contributed by atoms with Crippen molar-refractivity contribution in [2.75, 3.05) is 5.73 Å². The van der Waals surface area contributed by atoms with E-state index in [0.29, 0.717) is 28.1 Å². The zero-order chi connectivity index (χ0) is 14.5. The lowest BCUT2D eigenvalue weighted by atomic mass is 10.0. The molecule has 2 rings (SSSR count). The van der Waals surface area contributed by atoms with Crippen LogP contribution in [-0.4, -0.2) is 4.98 Å². The van der Waals surface area contributed by atoms with Crippen molar-refractivity contribution in [2.45, 2.75) is 23.3 Å². The van der Waals surface area contributed by atoms with Crippen molar-refractivity contribution < 1.29 is 0 Å². The topological polar surface area (TPSA) is 86.5 Å². The molecule has 0 fully saturated rings. The number of anilines is 1. The largest absolute Gasteiger partial charge is 0.383 e. The number of nitrogen functional groups attached to an aromatic ring is 1. The van der Waals surface area contributed by atoms with Gasteiger partial charge in [-0.2, -0.15) is 10.5 Å². The summed E-state index contributed by atoms with van der Waals surface area (Å²) in [4.78, 5) is 5.19. The number of pyridine rings is 1. The first kappa shape index (κ1) is 13.9. The van der Waals surface area contributed by atoms with Gasteiger partial charge in [0, 0.05) is 4.90 Å². The molecule has 0 aliphatic heterocycles. The van der Waals surface area contributed by atoms with Crippen LogP contribution in [0.4, 0.5) is 5.82 Å². The van der Waals surface area contributed by atoms with Gasteiger partial charge in [-0.05, 0) is 24.1 Å². The van der Waals surface area contributed by atoms with E-state index in [2.05, 4.69) is 11.1 Å². The second-order valence-electron chi connectivity index (χ2n) is 4.02. The average molecular weight is 280 g/mol. The molecule has 1 heterocycles. The van der Waals surface area contributed by atoms with Gasteiger partial charge in [-0.3, -0.25) is 0 Å². The Hall–Kier alpha value is -2.50. The van der Waals surface area contributed by atoms with Crippen molar-refractivity contribution in [1.29, 1.82) is 10.5 Å². The molecule has 1 aromatic carbocycles. The van der Waals surface area contributed by atoms with Crippen molar-refractivity contribution in [3.63, 3.8) is 0 Å². The lowest BCUT2D eigenvalue weighted by molar-refractivity contribution is 1.03. The summed E-state index contributed by atoms with van der Waals surface area (Å²) < 4.78 is 0. The fourth-order valence-electron chi connectivity index (χ4n) is 1.90. The molecule has 98 valence electrons. The average Bonchev–Trinajstić information content (AvgIpc) is 2.47. The van der Waals surface area contributed by atoms with Crippen molar-refractivity contribution in [2.24, 2.45) is 0 Å². The van der Waals surface area contributed by atoms with Gasteiger partial charge in [-0.15, -0.1) is 0 Å². The van der Waals surface area contributed by atoms with E-state index in [4.69, 9.17) is 11.0 Å². The predicted octanol–water partition coefficient (Wildman–Crippen LogP) is 3.12. The Kier molecular flexibility index (Phi) is 4.24. The molecule has 4 nitrogen and oxygen atoms in total. The van der Waals surface area contributed by atoms with Gasteiger partial charge in [-0.25, -0.2) is 4.98 Å². The molecule has 0 radical (unpaired) electrons. The quantitative estimate of drug-likeness (QED) is 0.933. The second kappa shape index (κ2) is 6.10. The predicted molar refractivity (Wildman–Crippen MR) is 78.0 cm³/mol. The van der Waals surface area contributed by atoms with Crippen LogP contribution in [0, 0.1) is 22.7 Å². The summed E-state index contributed by atoms with van der Waals surface area (Å²) in [6.07, 6.45) is 0.570. The van der Waals surface area contributed by atoms with Crippen LogP contribution < -0.4 is 5.73 Å². The Morgan fingerprint density at radius 3 is 2.35 bits per heavy atom. The normalized spacial score (nSPS) is 9.75. The summed E-state index contributed by atoms with van der Waals surface area (Å²) >= 11 is 1.38. The Bertz CT molecular complexity index is 711. The SMILES string of the molecule is CCc1c(C#N)c(N)nc(Sc2ccccc2)c1C#N. The number of hydrogen-bond acceptors (Lipinski definition) is 5. The highest BCUT2D eigenvalue weighted by Gasteiger charge is 2.17. The van der Waals surface area contributed by atoms with Crippen LogP contribution >= 0.6 is 11.8 Å². The molecule has 0 aliphatic carbocycles. The zero-order valence-corrected chi connectivity index (χ0v) is 11.7. The molecule has 0 atom stereocenters. The minimum absolute atomic E-state index is 0.182. The van der Waals surface area contributed by atoms with E-state index >= 15 is 0 Å². The van der Waals surface area contributed by atoms with Crippen LogP contribution in [0.2, 0.25) is 0 Å². The van der Waals surface area contributed by atoms with Crippen LogP contribution in [0.3, 0.4) is 0 Å². The summed E-state index contributed by atoms with van der Waals surface area (Å²) in [5.41, 5.74) is 7.24. The van der Waals surface area contributed by atoms with E-state index in [-0.39, 0.29) is 5.82 Å². The van der Waals surface area contributed by atoms with Crippen molar-refractivity contribution in [3.8, 4) is 12.1 Å². The van der Waals surface area contributed by atoms with Gasteiger partial charge >= 0.3 is 0 Å². The molecule has 0 unspecified atom stereocenters. The lowest BCUT2D eigenvalue weighted by Gasteiger charge is -2.11. The molecule has 0 aliphatic rings. The number of aromatic nitrogens is 1. The third-order valence-corrected chi connectivity index (χ3v) is 3.83. The monoisotopic (exact) mass is 280 g/mol. The fraction of sp³-hybridized carbons (Fsp3) is 0.133. The molecule has 2 aromatic rings. The van der Waals surface area contributed by atoms with E-state index in [1.807, 2.05) is 43.3 Å². The highest BCUT2D eigenvalue weighted by molar-refractivity contribution is 7.99. The van der Waals surface area contributed by atoms with E-state index in [0.717, 1.165) is 4.90 Å². The summed E-state index contributed by atoms with van der Waals surface area (Å²) in [7, 11) is 0. The number of benzene rings is 1. The van der Waals surface area contributed by atoms with Gasteiger partial charge in [0.15, 0.2) is 0 Å². The third-order valence-electron chi connectivity index (χ3n) is 2.83. The number of nitrogens with two attached hydrogens (primary N) is 1. The Balaban J connectivity index is 2.58. The van der Waals surface area contributed by atoms with Gasteiger partial charge in [0.1, 0.15) is 23.0 Å². The van der Waals surface area contributed by atoms with E-state index < -0.39 is 0 Å². The summed E-state index contributed by atoms with van der Waals surface area (Å²) in [6.45, 7) is 1.90. The van der Waals surface area contributed by atoms with Gasteiger partial charge < -0.3 is 5.73 Å². The summed E-state index contributed by atoms with van der Waals surface area (Å²) in [5.74, 6) is 0.182. The Morgan fingerprint density at radius 2 is 1.80 bits per heavy atom. The van der Waals surface area contributed by atoms with Gasteiger partial charge in [-0.1, -0.05) is 36.9 Å². The third kappa shape index (κ3) is 2.59. The van der Waals surface area contributed by atoms with E-state index in [9.17, 15) is 5.26 Å². The summed E-state index contributed by atoms with van der Waals surface area (Å²) in [5, 5.41) is 19.1. The molecular weight excluding hydrogens is 268 g/mol. The molecule has 2 N–H and O–H groups in total. The Labute approximate surface area is 121 Å². The minimum Gasteiger partial charge on any atom is -0.383 e. The first-order chi connectivity index (χ1) is 9.71. The molecular formula is C15H12N4S.